The monoisotopic (exact) mass is 376 g/mol. The van der Waals surface area contributed by atoms with E-state index in [4.69, 9.17) is 9.47 Å². The van der Waals surface area contributed by atoms with Crippen molar-refractivity contribution in [2.45, 2.75) is 71.2 Å². The Bertz CT molecular complexity index is 627. The molecule has 3 unspecified atom stereocenters. The Balaban J connectivity index is 2.09. The number of likely N-dealkylation sites (tertiary alicyclic amines) is 1. The van der Waals surface area contributed by atoms with E-state index in [0.717, 1.165) is 12.0 Å². The number of piperidine rings is 1. The molecular formula is C21H32N2O4. The number of amides is 1. The van der Waals surface area contributed by atoms with Crippen LogP contribution in [0.25, 0.3) is 0 Å². The van der Waals surface area contributed by atoms with E-state index in [1.54, 1.807) is 0 Å². The predicted octanol–water partition coefficient (Wildman–Crippen LogP) is 3.67. The summed E-state index contributed by atoms with van der Waals surface area (Å²) in [7, 11) is 0. The highest BCUT2D eigenvalue weighted by Gasteiger charge is 2.38. The Kier molecular flexibility index (Phi) is 7.25. The van der Waals surface area contributed by atoms with Crippen LogP contribution in [-0.4, -0.2) is 47.8 Å². The van der Waals surface area contributed by atoms with Crippen molar-refractivity contribution in [2.75, 3.05) is 13.2 Å². The highest BCUT2D eigenvalue weighted by atomic mass is 16.6. The van der Waals surface area contributed by atoms with Gasteiger partial charge in [0.25, 0.3) is 0 Å². The van der Waals surface area contributed by atoms with Gasteiger partial charge < -0.3 is 14.8 Å². The van der Waals surface area contributed by atoms with Crippen molar-refractivity contribution >= 4 is 12.1 Å². The van der Waals surface area contributed by atoms with E-state index in [-0.39, 0.29) is 18.1 Å². The van der Waals surface area contributed by atoms with Crippen LogP contribution in [0.2, 0.25) is 0 Å². The fourth-order valence-electron chi connectivity index (χ4n) is 3.45. The van der Waals surface area contributed by atoms with Crippen LogP contribution in [0.4, 0.5) is 4.79 Å². The third-order valence-electron chi connectivity index (χ3n) is 4.70. The molecule has 0 radical (unpaired) electrons. The highest BCUT2D eigenvalue weighted by Crippen LogP contribution is 2.29. The van der Waals surface area contributed by atoms with Crippen LogP contribution >= 0.6 is 0 Å². The number of benzene rings is 1. The van der Waals surface area contributed by atoms with E-state index in [1.807, 2.05) is 45.9 Å². The summed E-state index contributed by atoms with van der Waals surface area (Å²) in [5.41, 5.74) is 0.609. The fourth-order valence-corrected chi connectivity index (χ4v) is 3.45. The SMILES string of the molecule is CCOC(=O)C1CC(NC(=O)OC(C)(C)C)CCN1C(C)c1ccccc1. The van der Waals surface area contributed by atoms with Crippen molar-refractivity contribution in [1.82, 2.24) is 10.2 Å². The Morgan fingerprint density at radius 3 is 2.52 bits per heavy atom. The van der Waals surface area contributed by atoms with Crippen molar-refractivity contribution in [3.8, 4) is 0 Å². The molecule has 1 saturated heterocycles. The summed E-state index contributed by atoms with van der Waals surface area (Å²) >= 11 is 0. The number of nitrogens with one attached hydrogen (secondary N) is 1. The van der Waals surface area contributed by atoms with Gasteiger partial charge in [0.05, 0.1) is 6.61 Å². The fraction of sp³-hybridized carbons (Fsp3) is 0.619. The van der Waals surface area contributed by atoms with Gasteiger partial charge in [-0.25, -0.2) is 4.79 Å². The van der Waals surface area contributed by atoms with Crippen molar-refractivity contribution in [3.63, 3.8) is 0 Å². The average Bonchev–Trinajstić information content (AvgIpc) is 2.60. The minimum atomic E-state index is -0.548. The highest BCUT2D eigenvalue weighted by molar-refractivity contribution is 5.76. The lowest BCUT2D eigenvalue weighted by molar-refractivity contribution is -0.152. The van der Waals surface area contributed by atoms with Gasteiger partial charge in [-0.1, -0.05) is 30.3 Å². The molecule has 1 aliphatic heterocycles. The number of hydrogen-bond acceptors (Lipinski definition) is 5. The molecule has 6 heteroatoms. The van der Waals surface area contributed by atoms with E-state index < -0.39 is 17.7 Å². The summed E-state index contributed by atoms with van der Waals surface area (Å²) in [5, 5.41) is 2.91. The Morgan fingerprint density at radius 2 is 1.93 bits per heavy atom. The summed E-state index contributed by atoms with van der Waals surface area (Å²) in [6.45, 7) is 10.4. The number of carbonyl (C=O) groups excluding carboxylic acids is 2. The average molecular weight is 376 g/mol. The molecule has 0 aliphatic carbocycles. The van der Waals surface area contributed by atoms with Crippen LogP contribution in [0.15, 0.2) is 30.3 Å². The van der Waals surface area contributed by atoms with Crippen molar-refractivity contribution in [1.29, 1.82) is 0 Å². The quantitative estimate of drug-likeness (QED) is 0.794. The van der Waals surface area contributed by atoms with Crippen LogP contribution in [0.1, 0.15) is 59.1 Å². The predicted molar refractivity (Wildman–Crippen MR) is 104 cm³/mol. The first-order valence-corrected chi connectivity index (χ1v) is 9.68. The minimum absolute atomic E-state index is 0.0862. The van der Waals surface area contributed by atoms with Crippen LogP contribution in [0.3, 0.4) is 0 Å². The molecule has 0 aromatic heterocycles. The smallest absolute Gasteiger partial charge is 0.407 e. The van der Waals surface area contributed by atoms with Crippen LogP contribution < -0.4 is 5.32 Å². The van der Waals surface area contributed by atoms with Gasteiger partial charge in [0, 0.05) is 18.6 Å². The molecule has 0 saturated carbocycles. The molecule has 0 spiro atoms. The van der Waals surface area contributed by atoms with Crippen LogP contribution in [0.5, 0.6) is 0 Å². The standard InChI is InChI=1S/C21H32N2O4/c1-6-26-19(24)18-14-17(22-20(25)27-21(3,4)5)12-13-23(18)15(2)16-10-8-7-9-11-16/h7-11,15,17-18H,6,12-14H2,1-5H3,(H,22,25). The number of nitrogens with zero attached hydrogens (tertiary/aromatic N) is 1. The maximum atomic E-state index is 12.6. The number of rotatable bonds is 5. The summed E-state index contributed by atoms with van der Waals surface area (Å²) in [4.78, 5) is 26.9. The molecule has 6 nitrogen and oxygen atoms in total. The summed E-state index contributed by atoms with van der Waals surface area (Å²) in [6.07, 6.45) is 0.821. The Morgan fingerprint density at radius 1 is 1.26 bits per heavy atom. The van der Waals surface area contributed by atoms with E-state index in [0.29, 0.717) is 19.6 Å². The lowest BCUT2D eigenvalue weighted by Crippen LogP contribution is -2.54. The second-order valence-corrected chi connectivity index (χ2v) is 7.96. The van der Waals surface area contributed by atoms with Crippen molar-refractivity contribution in [3.05, 3.63) is 35.9 Å². The van der Waals surface area contributed by atoms with Crippen LogP contribution in [0, 0.1) is 0 Å². The van der Waals surface area contributed by atoms with Gasteiger partial charge in [-0.15, -0.1) is 0 Å². The second kappa shape index (κ2) is 9.22. The minimum Gasteiger partial charge on any atom is -0.465 e. The maximum Gasteiger partial charge on any atom is 0.407 e. The number of esters is 1. The van der Waals surface area contributed by atoms with Gasteiger partial charge in [0.1, 0.15) is 11.6 Å². The zero-order valence-corrected chi connectivity index (χ0v) is 17.0. The van der Waals surface area contributed by atoms with E-state index in [1.165, 1.54) is 0 Å². The molecular weight excluding hydrogens is 344 g/mol. The molecule has 0 bridgehead atoms. The van der Waals surface area contributed by atoms with Gasteiger partial charge in [-0.2, -0.15) is 0 Å². The van der Waals surface area contributed by atoms with Gasteiger partial charge >= 0.3 is 12.1 Å². The Labute approximate surface area is 162 Å². The first-order chi connectivity index (χ1) is 12.7. The molecule has 1 aliphatic rings. The molecule has 1 fully saturated rings. The van der Waals surface area contributed by atoms with E-state index in [9.17, 15) is 9.59 Å². The first kappa shape index (κ1) is 21.2. The molecule has 27 heavy (non-hydrogen) atoms. The summed E-state index contributed by atoms with van der Waals surface area (Å²) < 4.78 is 10.7. The zero-order valence-electron chi connectivity index (χ0n) is 17.0. The summed E-state index contributed by atoms with van der Waals surface area (Å²) in [5.74, 6) is -0.240. The zero-order chi connectivity index (χ0) is 20.0. The second-order valence-electron chi connectivity index (χ2n) is 7.96. The molecule has 1 heterocycles. The lowest BCUT2D eigenvalue weighted by atomic mass is 9.93. The van der Waals surface area contributed by atoms with E-state index in [2.05, 4.69) is 29.3 Å². The molecule has 1 N–H and O–H groups in total. The van der Waals surface area contributed by atoms with Crippen LogP contribution in [-0.2, 0) is 14.3 Å². The Hall–Kier alpha value is -2.08. The third-order valence-corrected chi connectivity index (χ3v) is 4.70. The van der Waals surface area contributed by atoms with Gasteiger partial charge in [-0.3, -0.25) is 9.69 Å². The molecule has 3 atom stereocenters. The first-order valence-electron chi connectivity index (χ1n) is 9.68. The summed E-state index contributed by atoms with van der Waals surface area (Å²) in [6, 6.07) is 9.70. The van der Waals surface area contributed by atoms with Gasteiger partial charge in [0.15, 0.2) is 0 Å². The largest absolute Gasteiger partial charge is 0.465 e. The van der Waals surface area contributed by atoms with Gasteiger partial charge in [-0.05, 0) is 53.0 Å². The topological polar surface area (TPSA) is 67.9 Å². The van der Waals surface area contributed by atoms with E-state index >= 15 is 0 Å². The third kappa shape index (κ3) is 6.24. The molecule has 2 rings (SSSR count). The molecule has 1 aromatic rings. The number of ether oxygens (including phenoxy) is 2. The molecule has 1 aromatic carbocycles. The van der Waals surface area contributed by atoms with Crippen molar-refractivity contribution in [2.24, 2.45) is 0 Å². The maximum absolute atomic E-state index is 12.6. The number of alkyl carbamates (subject to hydrolysis) is 1. The lowest BCUT2D eigenvalue weighted by Gasteiger charge is -2.41. The molecule has 150 valence electrons. The van der Waals surface area contributed by atoms with Gasteiger partial charge in [0.2, 0.25) is 0 Å². The number of carbonyl (C=O) groups is 2. The van der Waals surface area contributed by atoms with Crippen molar-refractivity contribution < 1.29 is 19.1 Å². The normalized spacial score (nSPS) is 22.0. The molecule has 1 amide bonds. The number of hydrogen-bond donors (Lipinski definition) is 1.